The monoisotopic (exact) mass is 749 g/mol. The standard InChI is InChI=1S/C55H31N3O/c56-32-33-10-19-46-48-21-20-45(47-6-5-9-51(55(47)48)59-52(46)24-33)35-13-11-34(12-14-35)40-25-36-15-17-38-27-41(28-39-18-16-37(26-40)53(36)54(38)39)42-29-43(49-7-1-3-22-57-49)31-44(30-42)50-8-2-4-23-58-50/h1-31H. The number of fused-ring (bicyclic) bond motifs is 2. The van der Waals surface area contributed by atoms with Gasteiger partial charge in [0.25, 0.3) is 0 Å². The molecule has 2 aromatic heterocycles. The van der Waals surface area contributed by atoms with E-state index in [0.717, 1.165) is 78.2 Å². The smallest absolute Gasteiger partial charge is 0.136 e. The summed E-state index contributed by atoms with van der Waals surface area (Å²) in [5, 5.41) is 19.2. The summed E-state index contributed by atoms with van der Waals surface area (Å²) in [7, 11) is 0. The first kappa shape index (κ1) is 33.1. The van der Waals surface area contributed by atoms with Crippen molar-refractivity contribution in [2.24, 2.45) is 0 Å². The summed E-state index contributed by atoms with van der Waals surface area (Å²) in [6, 6.07) is 64.6. The van der Waals surface area contributed by atoms with Gasteiger partial charge in [-0.25, -0.2) is 0 Å². The number of pyridine rings is 2. The van der Waals surface area contributed by atoms with Gasteiger partial charge >= 0.3 is 0 Å². The van der Waals surface area contributed by atoms with Crippen LogP contribution in [0.2, 0.25) is 0 Å². The van der Waals surface area contributed by atoms with Crippen molar-refractivity contribution in [2.75, 3.05) is 0 Å². The van der Waals surface area contributed by atoms with E-state index in [-0.39, 0.29) is 0 Å². The Kier molecular flexibility index (Phi) is 7.26. The average molecular weight is 750 g/mol. The van der Waals surface area contributed by atoms with Crippen molar-refractivity contribution in [3.63, 3.8) is 0 Å². The molecule has 0 unspecified atom stereocenters. The van der Waals surface area contributed by atoms with Crippen molar-refractivity contribution in [3.8, 4) is 84.6 Å². The number of hydrogen-bond donors (Lipinski definition) is 0. The summed E-state index contributed by atoms with van der Waals surface area (Å²) in [4.78, 5) is 9.36. The van der Waals surface area contributed by atoms with Crippen LogP contribution in [0.15, 0.2) is 188 Å². The van der Waals surface area contributed by atoms with Crippen LogP contribution < -0.4 is 4.74 Å². The maximum absolute atomic E-state index is 9.45. The van der Waals surface area contributed by atoms with Crippen molar-refractivity contribution >= 4 is 43.1 Å². The number of nitriles is 1. The molecule has 9 aromatic carbocycles. The van der Waals surface area contributed by atoms with E-state index in [1.54, 1.807) is 0 Å². The normalized spacial score (nSPS) is 11.8. The van der Waals surface area contributed by atoms with Gasteiger partial charge in [-0.3, -0.25) is 9.97 Å². The second kappa shape index (κ2) is 13.0. The van der Waals surface area contributed by atoms with E-state index in [1.165, 1.54) is 43.4 Å². The Hall–Kier alpha value is -8.13. The Balaban J connectivity index is 0.914. The van der Waals surface area contributed by atoms with E-state index in [2.05, 4.69) is 137 Å². The summed E-state index contributed by atoms with van der Waals surface area (Å²) in [5.41, 5.74) is 13.7. The minimum Gasteiger partial charge on any atom is -0.456 e. The zero-order valence-electron chi connectivity index (χ0n) is 31.6. The number of hydrogen-bond acceptors (Lipinski definition) is 4. The molecule has 0 aliphatic carbocycles. The van der Waals surface area contributed by atoms with Crippen molar-refractivity contribution in [1.82, 2.24) is 9.97 Å². The first-order valence-electron chi connectivity index (χ1n) is 19.7. The second-order valence-corrected chi connectivity index (χ2v) is 15.3. The number of rotatable bonds is 5. The lowest BCUT2D eigenvalue weighted by Gasteiger charge is -2.22. The lowest BCUT2D eigenvalue weighted by molar-refractivity contribution is 0.487. The van der Waals surface area contributed by atoms with Crippen LogP contribution in [0.4, 0.5) is 0 Å². The van der Waals surface area contributed by atoms with E-state index in [9.17, 15) is 5.26 Å². The zero-order chi connectivity index (χ0) is 39.0. The highest BCUT2D eigenvalue weighted by molar-refractivity contribution is 6.24. The molecule has 4 nitrogen and oxygen atoms in total. The molecule has 12 rings (SSSR count). The van der Waals surface area contributed by atoms with E-state index in [1.807, 2.05) is 67.0 Å². The topological polar surface area (TPSA) is 58.8 Å². The van der Waals surface area contributed by atoms with Crippen LogP contribution in [0.25, 0.3) is 110 Å². The summed E-state index contributed by atoms with van der Waals surface area (Å²) in [5.74, 6) is 1.53. The van der Waals surface area contributed by atoms with Crippen LogP contribution in [0, 0.1) is 11.3 Å². The molecule has 0 radical (unpaired) electrons. The van der Waals surface area contributed by atoms with Gasteiger partial charge in [0.15, 0.2) is 0 Å². The summed E-state index contributed by atoms with van der Waals surface area (Å²) in [6.07, 6.45) is 3.69. The Morgan fingerprint density at radius 3 is 1.51 bits per heavy atom. The van der Waals surface area contributed by atoms with Crippen LogP contribution in [0.3, 0.4) is 0 Å². The Bertz CT molecular complexity index is 3390. The molecule has 0 saturated heterocycles. The largest absolute Gasteiger partial charge is 0.456 e. The molecule has 0 N–H and O–H groups in total. The number of ether oxygens (including phenoxy) is 1. The highest BCUT2D eigenvalue weighted by Gasteiger charge is 2.22. The Morgan fingerprint density at radius 1 is 0.373 bits per heavy atom. The summed E-state index contributed by atoms with van der Waals surface area (Å²) >= 11 is 0. The molecule has 59 heavy (non-hydrogen) atoms. The first-order chi connectivity index (χ1) is 29.1. The van der Waals surface area contributed by atoms with Crippen LogP contribution in [-0.4, -0.2) is 9.97 Å². The molecule has 4 heteroatoms. The number of nitrogens with zero attached hydrogens (tertiary/aromatic N) is 3. The van der Waals surface area contributed by atoms with Crippen LogP contribution in [0.5, 0.6) is 11.5 Å². The van der Waals surface area contributed by atoms with Crippen molar-refractivity contribution in [1.29, 1.82) is 5.26 Å². The molecule has 0 saturated carbocycles. The van der Waals surface area contributed by atoms with E-state index in [0.29, 0.717) is 5.56 Å². The fraction of sp³-hybridized carbons (Fsp3) is 0. The average Bonchev–Trinajstić information content (AvgIpc) is 3.31. The molecule has 1 aliphatic heterocycles. The van der Waals surface area contributed by atoms with Crippen molar-refractivity contribution < 1.29 is 4.74 Å². The minimum atomic E-state index is 0.589. The molecule has 0 fully saturated rings. The number of aromatic nitrogens is 2. The second-order valence-electron chi connectivity index (χ2n) is 15.3. The van der Waals surface area contributed by atoms with Gasteiger partial charge in [-0.1, -0.05) is 84.9 Å². The van der Waals surface area contributed by atoms with Crippen molar-refractivity contribution in [3.05, 3.63) is 194 Å². The van der Waals surface area contributed by atoms with Gasteiger partial charge in [0.1, 0.15) is 11.5 Å². The molecular formula is C55H31N3O. The fourth-order valence-electron chi connectivity index (χ4n) is 9.12. The van der Waals surface area contributed by atoms with Crippen molar-refractivity contribution in [2.45, 2.75) is 0 Å². The Labute approximate surface area is 340 Å². The summed E-state index contributed by atoms with van der Waals surface area (Å²) in [6.45, 7) is 0. The maximum Gasteiger partial charge on any atom is 0.136 e. The molecule has 0 atom stereocenters. The van der Waals surface area contributed by atoms with E-state index in [4.69, 9.17) is 4.74 Å². The number of benzene rings is 9. The van der Waals surface area contributed by atoms with Crippen LogP contribution >= 0.6 is 0 Å². The van der Waals surface area contributed by atoms with Crippen LogP contribution in [0.1, 0.15) is 5.56 Å². The quantitative estimate of drug-likeness (QED) is 0.164. The first-order valence-corrected chi connectivity index (χ1v) is 19.7. The van der Waals surface area contributed by atoms with E-state index < -0.39 is 0 Å². The lowest BCUT2D eigenvalue weighted by atomic mass is 9.88. The molecule has 11 aromatic rings. The molecule has 0 amide bonds. The third kappa shape index (κ3) is 5.37. The lowest BCUT2D eigenvalue weighted by Crippen LogP contribution is -1.98. The maximum atomic E-state index is 9.45. The zero-order valence-corrected chi connectivity index (χ0v) is 31.6. The predicted octanol–water partition coefficient (Wildman–Crippen LogP) is 14.5. The van der Waals surface area contributed by atoms with E-state index >= 15 is 0 Å². The fourth-order valence-corrected chi connectivity index (χ4v) is 9.12. The van der Waals surface area contributed by atoms with Gasteiger partial charge < -0.3 is 4.74 Å². The Morgan fingerprint density at radius 2 is 0.915 bits per heavy atom. The third-order valence-electron chi connectivity index (χ3n) is 11.9. The van der Waals surface area contributed by atoms with Gasteiger partial charge in [0.05, 0.1) is 23.0 Å². The van der Waals surface area contributed by atoms with Crippen LogP contribution in [-0.2, 0) is 0 Å². The predicted molar refractivity (Wildman–Crippen MR) is 241 cm³/mol. The molecule has 3 heterocycles. The molecule has 0 spiro atoms. The highest BCUT2D eigenvalue weighted by atomic mass is 16.5. The third-order valence-corrected chi connectivity index (χ3v) is 11.9. The SMILES string of the molecule is N#Cc1ccc2c(c1)Oc1cccc3c(-c4ccc(-c5cc6ccc7cc(-c8cc(-c9ccccn9)cc(-c9ccccn9)c8)cc8ccc(c5)c6c78)cc4)ccc-2c13. The van der Waals surface area contributed by atoms with Gasteiger partial charge in [-0.05, 0) is 168 Å². The van der Waals surface area contributed by atoms with Gasteiger partial charge in [0, 0.05) is 34.5 Å². The molecule has 1 aliphatic rings. The molecule has 0 bridgehead atoms. The molecular weight excluding hydrogens is 719 g/mol. The summed E-state index contributed by atoms with van der Waals surface area (Å²) < 4.78 is 6.35. The van der Waals surface area contributed by atoms with Gasteiger partial charge in [0.2, 0.25) is 0 Å². The molecule has 272 valence electrons. The van der Waals surface area contributed by atoms with Gasteiger partial charge in [-0.15, -0.1) is 0 Å². The highest BCUT2D eigenvalue weighted by Crippen LogP contribution is 2.49. The minimum absolute atomic E-state index is 0.589. The van der Waals surface area contributed by atoms with Gasteiger partial charge in [-0.2, -0.15) is 5.26 Å².